The molecule has 0 bridgehead atoms. The number of benzene rings is 1. The van der Waals surface area contributed by atoms with E-state index in [1.165, 1.54) is 7.11 Å². The largest absolute Gasteiger partial charge is 0.493 e. The molecule has 1 rings (SSSR count). The molecule has 0 aliphatic heterocycles. The zero-order valence-corrected chi connectivity index (χ0v) is 11.2. The lowest BCUT2D eigenvalue weighted by Gasteiger charge is -2.13. The molecule has 1 atom stereocenters. The van der Waals surface area contributed by atoms with Crippen molar-refractivity contribution in [3.8, 4) is 5.75 Å². The van der Waals surface area contributed by atoms with Crippen LogP contribution in [0.25, 0.3) is 0 Å². The van der Waals surface area contributed by atoms with Crippen LogP contribution in [-0.2, 0) is 4.79 Å². The fourth-order valence-electron chi connectivity index (χ4n) is 1.11. The molecule has 16 heavy (non-hydrogen) atoms. The molecule has 1 amide bonds. The summed E-state index contributed by atoms with van der Waals surface area (Å²) < 4.78 is 5.82. The van der Waals surface area contributed by atoms with Crippen molar-refractivity contribution in [1.82, 2.24) is 0 Å². The summed E-state index contributed by atoms with van der Waals surface area (Å²) in [7, 11) is 1.51. The lowest BCUT2D eigenvalue weighted by molar-refractivity contribution is -0.117. The van der Waals surface area contributed by atoms with E-state index >= 15 is 0 Å². The van der Waals surface area contributed by atoms with Crippen molar-refractivity contribution < 1.29 is 9.53 Å². The summed E-state index contributed by atoms with van der Waals surface area (Å²) in [6.45, 7) is 1.60. The molecule has 1 aromatic rings. The van der Waals surface area contributed by atoms with Crippen LogP contribution in [0.3, 0.4) is 0 Å². The van der Waals surface area contributed by atoms with Crippen LogP contribution in [0.4, 0.5) is 5.69 Å². The number of hydrogen-bond donors (Lipinski definition) is 2. The number of amides is 1. The van der Waals surface area contributed by atoms with E-state index in [9.17, 15) is 4.79 Å². The van der Waals surface area contributed by atoms with Gasteiger partial charge in [-0.05, 0) is 35.0 Å². The predicted molar refractivity (Wildman–Crippen MR) is 68.0 cm³/mol. The summed E-state index contributed by atoms with van der Waals surface area (Å²) in [5.41, 5.74) is 5.94. The number of anilines is 1. The van der Waals surface area contributed by atoms with Crippen molar-refractivity contribution in [2.75, 3.05) is 12.4 Å². The fourth-order valence-corrected chi connectivity index (χ4v) is 2.08. The highest BCUT2D eigenvalue weighted by molar-refractivity contribution is 9.10. The van der Waals surface area contributed by atoms with Crippen molar-refractivity contribution in [3.63, 3.8) is 0 Å². The number of halogens is 2. The number of methoxy groups -OCH3 is 1. The van der Waals surface area contributed by atoms with Crippen molar-refractivity contribution in [1.29, 1.82) is 0 Å². The van der Waals surface area contributed by atoms with Crippen LogP contribution in [0.15, 0.2) is 16.6 Å². The SMILES string of the molecule is COc1c(Br)cc(Cl)cc1NC(=O)[C@H](C)N. The van der Waals surface area contributed by atoms with Gasteiger partial charge >= 0.3 is 0 Å². The third kappa shape index (κ3) is 3.10. The second-order valence-electron chi connectivity index (χ2n) is 3.25. The molecular weight excluding hydrogens is 295 g/mol. The normalized spacial score (nSPS) is 12.1. The average Bonchev–Trinajstić information content (AvgIpc) is 2.16. The first kappa shape index (κ1) is 13.3. The molecule has 0 spiro atoms. The first-order valence-electron chi connectivity index (χ1n) is 4.55. The Morgan fingerprint density at radius 1 is 1.62 bits per heavy atom. The van der Waals surface area contributed by atoms with Crippen LogP contribution >= 0.6 is 27.5 Å². The Balaban J connectivity index is 3.07. The number of nitrogens with one attached hydrogen (secondary N) is 1. The van der Waals surface area contributed by atoms with Gasteiger partial charge in [-0.3, -0.25) is 4.79 Å². The maximum atomic E-state index is 11.5. The van der Waals surface area contributed by atoms with Crippen LogP contribution < -0.4 is 15.8 Å². The molecule has 0 aliphatic carbocycles. The Morgan fingerprint density at radius 3 is 2.75 bits per heavy atom. The summed E-state index contributed by atoms with van der Waals surface area (Å²) in [4.78, 5) is 11.5. The van der Waals surface area contributed by atoms with Gasteiger partial charge in [-0.15, -0.1) is 0 Å². The second kappa shape index (κ2) is 5.52. The fraction of sp³-hybridized carbons (Fsp3) is 0.300. The molecule has 4 nitrogen and oxygen atoms in total. The van der Waals surface area contributed by atoms with E-state index in [0.717, 1.165) is 0 Å². The molecule has 0 unspecified atom stereocenters. The Kier molecular flexibility index (Phi) is 4.58. The molecule has 0 saturated carbocycles. The van der Waals surface area contributed by atoms with E-state index in [1.54, 1.807) is 19.1 Å². The van der Waals surface area contributed by atoms with Gasteiger partial charge in [0.15, 0.2) is 5.75 Å². The van der Waals surface area contributed by atoms with Gasteiger partial charge in [0.25, 0.3) is 0 Å². The van der Waals surface area contributed by atoms with E-state index in [2.05, 4.69) is 21.2 Å². The molecular formula is C10H12BrClN2O2. The maximum Gasteiger partial charge on any atom is 0.241 e. The number of carbonyl (C=O) groups excluding carboxylic acids is 1. The molecule has 0 aliphatic rings. The van der Waals surface area contributed by atoms with E-state index in [-0.39, 0.29) is 5.91 Å². The molecule has 0 fully saturated rings. The van der Waals surface area contributed by atoms with Crippen molar-refractivity contribution >= 4 is 39.1 Å². The van der Waals surface area contributed by atoms with Gasteiger partial charge < -0.3 is 15.8 Å². The molecule has 0 heterocycles. The van der Waals surface area contributed by atoms with Crippen LogP contribution in [0.2, 0.25) is 5.02 Å². The number of rotatable bonds is 3. The standard InChI is InChI=1S/C10H12BrClN2O2/c1-5(13)10(15)14-8-4-6(12)3-7(11)9(8)16-2/h3-5H,13H2,1-2H3,(H,14,15)/t5-/m0/s1. The first-order valence-corrected chi connectivity index (χ1v) is 5.72. The lowest BCUT2D eigenvalue weighted by Crippen LogP contribution is -2.32. The van der Waals surface area contributed by atoms with Gasteiger partial charge in [-0.25, -0.2) is 0 Å². The zero-order valence-electron chi connectivity index (χ0n) is 8.88. The lowest BCUT2D eigenvalue weighted by atomic mass is 10.2. The molecule has 3 N–H and O–H groups in total. The van der Waals surface area contributed by atoms with Gasteiger partial charge in [-0.2, -0.15) is 0 Å². The molecule has 6 heteroatoms. The average molecular weight is 308 g/mol. The Bertz CT molecular complexity index is 410. The number of nitrogens with two attached hydrogens (primary N) is 1. The molecule has 0 aromatic heterocycles. The summed E-state index contributed by atoms with van der Waals surface area (Å²) >= 11 is 9.17. The van der Waals surface area contributed by atoms with Gasteiger partial charge in [0.2, 0.25) is 5.91 Å². The highest BCUT2D eigenvalue weighted by Crippen LogP contribution is 2.36. The van der Waals surface area contributed by atoms with Crippen LogP contribution in [0, 0.1) is 0 Å². The molecule has 0 saturated heterocycles. The third-order valence-corrected chi connectivity index (χ3v) is 2.69. The minimum atomic E-state index is -0.595. The van der Waals surface area contributed by atoms with Gasteiger partial charge in [0, 0.05) is 5.02 Å². The van der Waals surface area contributed by atoms with E-state index in [4.69, 9.17) is 22.1 Å². The number of ether oxygens (including phenoxy) is 1. The first-order chi connectivity index (χ1) is 7.45. The highest BCUT2D eigenvalue weighted by atomic mass is 79.9. The quantitative estimate of drug-likeness (QED) is 0.901. The smallest absolute Gasteiger partial charge is 0.241 e. The minimum absolute atomic E-state index is 0.299. The van der Waals surface area contributed by atoms with E-state index in [0.29, 0.717) is 20.9 Å². The Hall–Kier alpha value is -0.780. The summed E-state index contributed by atoms with van der Waals surface area (Å²) in [6, 6.07) is 2.69. The Morgan fingerprint density at radius 2 is 2.25 bits per heavy atom. The van der Waals surface area contributed by atoms with Crippen molar-refractivity contribution in [2.45, 2.75) is 13.0 Å². The monoisotopic (exact) mass is 306 g/mol. The number of hydrogen-bond acceptors (Lipinski definition) is 3. The summed E-state index contributed by atoms with van der Waals surface area (Å²) in [5.74, 6) is 0.214. The van der Waals surface area contributed by atoms with Gasteiger partial charge in [-0.1, -0.05) is 11.6 Å². The highest BCUT2D eigenvalue weighted by Gasteiger charge is 2.14. The third-order valence-electron chi connectivity index (χ3n) is 1.88. The van der Waals surface area contributed by atoms with E-state index < -0.39 is 6.04 Å². The van der Waals surface area contributed by atoms with Crippen molar-refractivity contribution in [3.05, 3.63) is 21.6 Å². The molecule has 0 radical (unpaired) electrons. The second-order valence-corrected chi connectivity index (χ2v) is 4.54. The summed E-state index contributed by atoms with van der Waals surface area (Å²) in [5, 5.41) is 3.13. The van der Waals surface area contributed by atoms with Crippen LogP contribution in [-0.4, -0.2) is 19.1 Å². The molecule has 1 aromatic carbocycles. The Labute approximate surface area is 107 Å². The van der Waals surface area contributed by atoms with Crippen LogP contribution in [0.5, 0.6) is 5.75 Å². The molecule has 88 valence electrons. The van der Waals surface area contributed by atoms with Crippen LogP contribution in [0.1, 0.15) is 6.92 Å². The predicted octanol–water partition coefficient (Wildman–Crippen LogP) is 2.40. The topological polar surface area (TPSA) is 64.3 Å². The minimum Gasteiger partial charge on any atom is -0.493 e. The zero-order chi connectivity index (χ0) is 12.3. The maximum absolute atomic E-state index is 11.5. The van der Waals surface area contributed by atoms with Gasteiger partial charge in [0.05, 0.1) is 23.3 Å². The van der Waals surface area contributed by atoms with E-state index in [1.807, 2.05) is 0 Å². The van der Waals surface area contributed by atoms with Gasteiger partial charge in [0.1, 0.15) is 0 Å². The van der Waals surface area contributed by atoms with Crippen molar-refractivity contribution in [2.24, 2.45) is 5.73 Å². The number of carbonyl (C=O) groups is 1. The summed E-state index contributed by atoms with van der Waals surface area (Å²) in [6.07, 6.45) is 0.